The van der Waals surface area contributed by atoms with Crippen LogP contribution in [0.3, 0.4) is 0 Å². The number of benzene rings is 10. The van der Waals surface area contributed by atoms with Crippen molar-refractivity contribution in [3.63, 3.8) is 0 Å². The summed E-state index contributed by atoms with van der Waals surface area (Å²) in [5.41, 5.74) is 13.8. The molecule has 0 radical (unpaired) electrons. The molecule has 0 aliphatic carbocycles. The number of hydrogen-bond acceptors (Lipinski definition) is 3. The van der Waals surface area contributed by atoms with Crippen LogP contribution in [0.4, 0.5) is 24.5 Å². The van der Waals surface area contributed by atoms with E-state index < -0.39 is 11.7 Å². The average molecular weight is 996 g/mol. The summed E-state index contributed by atoms with van der Waals surface area (Å²) in [6.07, 6.45) is -4.63. The summed E-state index contributed by atoms with van der Waals surface area (Å²) in [7, 11) is 0. The normalized spacial score (nSPS) is 11.3. The number of fused-ring (bicyclic) bond motifs is 6. The lowest BCUT2D eigenvalue weighted by molar-refractivity contribution is -0.137. The second-order valence-electron chi connectivity index (χ2n) is 18.8. The molecule has 0 saturated carbocycles. The summed E-state index contributed by atoms with van der Waals surface area (Å²) in [5.74, 6) is 0. The summed E-state index contributed by atoms with van der Waals surface area (Å²) < 4.78 is 48.2. The molecule has 0 unspecified atom stereocenters. The minimum Gasteiger partial charge on any atom is -0.308 e. The number of halogens is 3. The summed E-state index contributed by atoms with van der Waals surface area (Å²) in [5, 5.41) is 34.1. The number of hydrogen-bond donors (Lipinski definition) is 0. The molecule has 77 heavy (non-hydrogen) atoms. The van der Waals surface area contributed by atoms with Gasteiger partial charge in [-0.15, -0.1) is 0 Å². The van der Waals surface area contributed by atoms with Gasteiger partial charge < -0.3 is 9.13 Å². The predicted octanol–water partition coefficient (Wildman–Crippen LogP) is 18.3. The van der Waals surface area contributed by atoms with Crippen LogP contribution < -0.4 is 0 Å². The Bertz CT molecular complexity index is 4150. The van der Waals surface area contributed by atoms with Crippen LogP contribution in [-0.4, -0.2) is 9.13 Å². The van der Waals surface area contributed by atoms with E-state index in [0.717, 1.165) is 94.2 Å². The minimum absolute atomic E-state index is 0.289. The molecule has 0 spiro atoms. The van der Waals surface area contributed by atoms with Crippen molar-refractivity contribution in [1.29, 1.82) is 15.8 Å². The fourth-order valence-corrected chi connectivity index (χ4v) is 10.6. The number of aryl methyl sites for hydroxylation is 1. The molecule has 0 amide bonds. The van der Waals surface area contributed by atoms with Crippen LogP contribution in [-0.2, 0) is 6.18 Å². The van der Waals surface area contributed by atoms with E-state index in [-0.39, 0.29) is 5.56 Å². The zero-order chi connectivity index (χ0) is 53.1. The van der Waals surface area contributed by atoms with Gasteiger partial charge in [-0.3, -0.25) is 0 Å². The highest BCUT2D eigenvalue weighted by Gasteiger charge is 2.32. The second-order valence-corrected chi connectivity index (χ2v) is 18.8. The van der Waals surface area contributed by atoms with Gasteiger partial charge in [0.15, 0.2) is 11.4 Å². The number of rotatable bonds is 7. The molecule has 0 N–H and O–H groups in total. The first-order valence-corrected chi connectivity index (χ1v) is 24.4. The van der Waals surface area contributed by atoms with E-state index in [1.807, 2.05) is 84.9 Å². The van der Waals surface area contributed by atoms with Crippen LogP contribution in [0.15, 0.2) is 200 Å². The summed E-state index contributed by atoms with van der Waals surface area (Å²) in [4.78, 5) is 7.20. The van der Waals surface area contributed by atoms with Gasteiger partial charge in [0.25, 0.3) is 0 Å². The Morgan fingerprint density at radius 2 is 0.714 bits per heavy atom. The molecule has 0 saturated heterocycles. The van der Waals surface area contributed by atoms with Crippen LogP contribution in [0.2, 0.25) is 0 Å². The van der Waals surface area contributed by atoms with Gasteiger partial charge in [0.2, 0.25) is 0 Å². The van der Waals surface area contributed by atoms with Gasteiger partial charge >= 0.3 is 6.18 Å². The molecule has 360 valence electrons. The van der Waals surface area contributed by atoms with E-state index in [0.29, 0.717) is 50.6 Å². The van der Waals surface area contributed by atoms with Crippen molar-refractivity contribution in [1.82, 2.24) is 9.13 Å². The van der Waals surface area contributed by atoms with Crippen molar-refractivity contribution in [2.45, 2.75) is 13.1 Å². The van der Waals surface area contributed by atoms with Crippen molar-refractivity contribution in [2.24, 2.45) is 0 Å². The number of alkyl halides is 3. The number of nitrogens with zero attached hydrogens (tertiary/aromatic N) is 7. The molecule has 0 aliphatic heterocycles. The molecule has 2 aromatic heterocycles. The first-order chi connectivity index (χ1) is 37.4. The lowest BCUT2D eigenvalue weighted by atomic mass is 9.93. The Morgan fingerprint density at radius 3 is 1.01 bits per heavy atom. The maximum absolute atomic E-state index is 14.7. The van der Waals surface area contributed by atoms with E-state index in [2.05, 4.69) is 73.4 Å². The third-order valence-electron chi connectivity index (χ3n) is 14.4. The number of aromatic nitrogens is 2. The highest BCUT2D eigenvalue weighted by Crippen LogP contribution is 2.47. The van der Waals surface area contributed by atoms with Crippen molar-refractivity contribution in [3.05, 3.63) is 251 Å². The molecule has 0 atom stereocenters. The fraction of sp³-hybridized carbons (Fsp3) is 0.0299. The van der Waals surface area contributed by atoms with E-state index in [9.17, 15) is 29.0 Å². The number of nitriles is 3. The zero-order valence-electron chi connectivity index (χ0n) is 40.8. The molecule has 2 heterocycles. The Hall–Kier alpha value is -11.0. The molecule has 10 aromatic carbocycles. The molecule has 12 aromatic rings. The van der Waals surface area contributed by atoms with E-state index in [4.69, 9.17) is 13.1 Å². The first-order valence-electron chi connectivity index (χ1n) is 24.4. The summed E-state index contributed by atoms with van der Waals surface area (Å²) in [6, 6.07) is 68.2. The molecule has 0 bridgehead atoms. The summed E-state index contributed by atoms with van der Waals surface area (Å²) in [6.45, 7) is 16.9. The molecule has 10 heteroatoms. The lowest BCUT2D eigenvalue weighted by Gasteiger charge is -2.23. The van der Waals surface area contributed by atoms with Gasteiger partial charge in [-0.05, 0) is 135 Å². The average Bonchev–Trinajstić information content (AvgIpc) is 4.05. The highest BCUT2D eigenvalue weighted by atomic mass is 19.4. The Labute approximate surface area is 440 Å². The van der Waals surface area contributed by atoms with Crippen molar-refractivity contribution in [2.75, 3.05) is 0 Å². The Morgan fingerprint density at radius 1 is 0.390 bits per heavy atom. The predicted molar refractivity (Wildman–Crippen MR) is 299 cm³/mol. The monoisotopic (exact) mass is 995 g/mol. The molecule has 12 rings (SSSR count). The van der Waals surface area contributed by atoms with Gasteiger partial charge in [-0.2, -0.15) is 29.0 Å². The molecular weight excluding hydrogens is 960 g/mol. The minimum atomic E-state index is -4.63. The fourth-order valence-electron chi connectivity index (χ4n) is 10.6. The van der Waals surface area contributed by atoms with Gasteiger partial charge in [0, 0.05) is 27.1 Å². The Kier molecular flexibility index (Phi) is 11.3. The van der Waals surface area contributed by atoms with Crippen LogP contribution in [0.25, 0.3) is 120 Å². The SMILES string of the molecule is [C-]#[N+]c1ccc(-c2ccc3c4ccc(-c5ccc(C#N)cc5)cc4n(-c4cc(C#N)cc(-n5c6cc(-c7ccc(C#N)cc7)ccc6c6ccc(-c7ccc([N+]#[C-])cc7)cc65)c4-c4ccc(C(F)(F)F)cc4C)c3c2)cc1. The van der Waals surface area contributed by atoms with Gasteiger partial charge in [-0.25, -0.2) is 9.69 Å². The quantitative estimate of drug-likeness (QED) is 0.149. The van der Waals surface area contributed by atoms with E-state index in [1.165, 1.54) is 12.1 Å². The van der Waals surface area contributed by atoms with Crippen LogP contribution in [0.1, 0.15) is 27.8 Å². The van der Waals surface area contributed by atoms with Crippen LogP contribution >= 0.6 is 0 Å². The zero-order valence-corrected chi connectivity index (χ0v) is 40.8. The van der Waals surface area contributed by atoms with Crippen LogP contribution in [0, 0.1) is 54.1 Å². The topological polar surface area (TPSA) is 90.0 Å². The maximum Gasteiger partial charge on any atom is 0.416 e. The van der Waals surface area contributed by atoms with Crippen molar-refractivity contribution in [3.8, 4) is 85.2 Å². The van der Waals surface area contributed by atoms with Gasteiger partial charge in [0.05, 0.1) is 87.0 Å². The third kappa shape index (κ3) is 8.15. The molecular formula is C67H36F3N7. The highest BCUT2D eigenvalue weighted by molar-refractivity contribution is 6.14. The van der Waals surface area contributed by atoms with Gasteiger partial charge in [0.1, 0.15) is 0 Å². The van der Waals surface area contributed by atoms with Crippen molar-refractivity contribution >= 4 is 55.0 Å². The van der Waals surface area contributed by atoms with E-state index >= 15 is 0 Å². The molecule has 0 aliphatic rings. The molecule has 0 fully saturated rings. The van der Waals surface area contributed by atoms with Crippen molar-refractivity contribution < 1.29 is 13.2 Å². The third-order valence-corrected chi connectivity index (χ3v) is 14.4. The second kappa shape index (κ2) is 18.5. The summed E-state index contributed by atoms with van der Waals surface area (Å²) >= 11 is 0. The lowest BCUT2D eigenvalue weighted by Crippen LogP contribution is -2.08. The standard InChI is InChI=1S/C67H36F3N7/c1-40-30-52(67(68,69)70)20-29-55(40)66-64(76-60-33-48(44-8-4-41(37-71)5-9-44)16-25-56(60)58-27-18-50(35-62(58)76)46-12-21-53(74-2)22-13-46)31-43(39-73)32-65(66)77-61-34-49(45-10-6-42(38-72)7-11-45)17-26-57(61)59-28-19-51(36-63(59)77)47-14-23-54(75-3)24-15-47/h4-36H,1H3. The maximum atomic E-state index is 14.7. The molecule has 7 nitrogen and oxygen atoms in total. The van der Waals surface area contributed by atoms with Crippen LogP contribution in [0.5, 0.6) is 0 Å². The van der Waals surface area contributed by atoms with Gasteiger partial charge in [-0.1, -0.05) is 127 Å². The Balaban J connectivity index is 1.25. The smallest absolute Gasteiger partial charge is 0.308 e. The first kappa shape index (κ1) is 47.1. The largest absolute Gasteiger partial charge is 0.416 e. The van der Waals surface area contributed by atoms with E-state index in [1.54, 1.807) is 67.6 Å².